The molecule has 2 aromatic heterocycles. The van der Waals surface area contributed by atoms with Gasteiger partial charge in [-0.15, -0.1) is 0 Å². The lowest BCUT2D eigenvalue weighted by Crippen LogP contribution is -2.40. The molecule has 3 heterocycles. The molecular formula is C20H22N6O. The molecule has 27 heavy (non-hydrogen) atoms. The summed E-state index contributed by atoms with van der Waals surface area (Å²) in [6.45, 7) is 5.74. The number of H-pyrrole nitrogens is 1. The van der Waals surface area contributed by atoms with Gasteiger partial charge >= 0.3 is 0 Å². The van der Waals surface area contributed by atoms with Gasteiger partial charge in [-0.3, -0.25) is 4.79 Å². The van der Waals surface area contributed by atoms with Crippen LogP contribution in [0.4, 0.5) is 11.5 Å². The van der Waals surface area contributed by atoms with Crippen LogP contribution >= 0.6 is 0 Å². The first-order chi connectivity index (χ1) is 13.0. The highest BCUT2D eigenvalue weighted by molar-refractivity contribution is 5.77. The van der Waals surface area contributed by atoms with Crippen molar-refractivity contribution >= 4 is 17.4 Å². The van der Waals surface area contributed by atoms with Crippen LogP contribution in [0.1, 0.15) is 37.4 Å². The normalized spacial score (nSPS) is 18.9. The zero-order chi connectivity index (χ0) is 19.0. The largest absolute Gasteiger partial charge is 0.349 e. The van der Waals surface area contributed by atoms with Crippen LogP contribution in [0, 0.1) is 6.92 Å². The van der Waals surface area contributed by atoms with Crippen molar-refractivity contribution in [3.05, 3.63) is 53.9 Å². The molecule has 4 rings (SSSR count). The van der Waals surface area contributed by atoms with Crippen LogP contribution in [0.2, 0.25) is 0 Å². The highest BCUT2D eigenvalue weighted by atomic mass is 16.1. The highest BCUT2D eigenvalue weighted by Crippen LogP contribution is 2.42. The monoisotopic (exact) mass is 362 g/mol. The second kappa shape index (κ2) is 6.83. The third kappa shape index (κ3) is 3.28. The van der Waals surface area contributed by atoms with E-state index in [1.165, 1.54) is 0 Å². The van der Waals surface area contributed by atoms with E-state index in [0.717, 1.165) is 40.3 Å². The maximum atomic E-state index is 11.8. The molecule has 1 aromatic carbocycles. The van der Waals surface area contributed by atoms with Crippen molar-refractivity contribution in [1.82, 2.24) is 25.7 Å². The van der Waals surface area contributed by atoms with Crippen molar-refractivity contribution in [3.8, 4) is 11.3 Å². The SMILES string of the molecule is CC(=O)NC1CC(C)N(c2ccc(C)cn2)c2ccc(-c3cn[nH]n3)cc21. The summed E-state index contributed by atoms with van der Waals surface area (Å²) < 4.78 is 0. The molecular weight excluding hydrogens is 340 g/mol. The average molecular weight is 362 g/mol. The van der Waals surface area contributed by atoms with Crippen molar-refractivity contribution in [2.24, 2.45) is 0 Å². The molecule has 0 aliphatic carbocycles. The van der Waals surface area contributed by atoms with Gasteiger partial charge in [0, 0.05) is 30.4 Å². The van der Waals surface area contributed by atoms with Crippen molar-refractivity contribution in [2.75, 3.05) is 4.90 Å². The quantitative estimate of drug-likeness (QED) is 0.747. The second-order valence-corrected chi connectivity index (χ2v) is 7.03. The smallest absolute Gasteiger partial charge is 0.217 e. The maximum absolute atomic E-state index is 11.8. The van der Waals surface area contributed by atoms with E-state index in [2.05, 4.69) is 55.7 Å². The average Bonchev–Trinajstić information content (AvgIpc) is 3.17. The number of rotatable bonds is 3. The molecule has 138 valence electrons. The summed E-state index contributed by atoms with van der Waals surface area (Å²) in [4.78, 5) is 18.6. The van der Waals surface area contributed by atoms with E-state index in [4.69, 9.17) is 0 Å². The van der Waals surface area contributed by atoms with E-state index >= 15 is 0 Å². The predicted molar refractivity (Wildman–Crippen MR) is 104 cm³/mol. The van der Waals surface area contributed by atoms with Gasteiger partial charge in [-0.2, -0.15) is 15.4 Å². The number of carbonyl (C=O) groups excluding carboxylic acids is 1. The van der Waals surface area contributed by atoms with E-state index in [0.29, 0.717) is 0 Å². The van der Waals surface area contributed by atoms with Gasteiger partial charge < -0.3 is 10.2 Å². The summed E-state index contributed by atoms with van der Waals surface area (Å²) in [5.41, 5.74) is 4.98. The molecule has 0 bridgehead atoms. The van der Waals surface area contributed by atoms with Gasteiger partial charge in [-0.05, 0) is 49.6 Å². The predicted octanol–water partition coefficient (Wildman–Crippen LogP) is 3.28. The summed E-state index contributed by atoms with van der Waals surface area (Å²) >= 11 is 0. The van der Waals surface area contributed by atoms with Gasteiger partial charge in [0.1, 0.15) is 11.5 Å². The number of pyridine rings is 1. The Morgan fingerprint density at radius 2 is 2.11 bits per heavy atom. The van der Waals surface area contributed by atoms with Crippen molar-refractivity contribution in [1.29, 1.82) is 0 Å². The van der Waals surface area contributed by atoms with E-state index < -0.39 is 0 Å². The number of amides is 1. The van der Waals surface area contributed by atoms with E-state index in [1.807, 2.05) is 25.3 Å². The summed E-state index contributed by atoms with van der Waals surface area (Å²) in [6.07, 6.45) is 4.37. The molecule has 0 radical (unpaired) electrons. The van der Waals surface area contributed by atoms with Crippen LogP contribution in [0.25, 0.3) is 11.3 Å². The first-order valence-corrected chi connectivity index (χ1v) is 9.02. The Bertz CT molecular complexity index is 951. The molecule has 3 aromatic rings. The van der Waals surface area contributed by atoms with Crippen LogP contribution in [0.3, 0.4) is 0 Å². The van der Waals surface area contributed by atoms with E-state index in [-0.39, 0.29) is 18.0 Å². The number of aryl methyl sites for hydroxylation is 1. The molecule has 0 saturated heterocycles. The molecule has 1 aliphatic heterocycles. The number of fused-ring (bicyclic) bond motifs is 1. The minimum absolute atomic E-state index is 0.0353. The fourth-order valence-corrected chi connectivity index (χ4v) is 3.70. The third-order valence-corrected chi connectivity index (χ3v) is 4.91. The van der Waals surface area contributed by atoms with E-state index in [1.54, 1.807) is 13.1 Å². The van der Waals surface area contributed by atoms with E-state index in [9.17, 15) is 4.79 Å². The summed E-state index contributed by atoms with van der Waals surface area (Å²) in [6, 6.07) is 10.4. The van der Waals surface area contributed by atoms with Gasteiger partial charge in [-0.1, -0.05) is 12.1 Å². The summed E-state index contributed by atoms with van der Waals surface area (Å²) in [7, 11) is 0. The number of hydrogen-bond donors (Lipinski definition) is 2. The molecule has 2 unspecified atom stereocenters. The van der Waals surface area contributed by atoms with Gasteiger partial charge in [0.2, 0.25) is 5.91 Å². The Kier molecular flexibility index (Phi) is 4.35. The number of aromatic nitrogens is 4. The molecule has 0 spiro atoms. The second-order valence-electron chi connectivity index (χ2n) is 7.03. The van der Waals surface area contributed by atoms with Crippen molar-refractivity contribution in [2.45, 2.75) is 39.3 Å². The Hall–Kier alpha value is -3.22. The zero-order valence-electron chi connectivity index (χ0n) is 15.6. The minimum Gasteiger partial charge on any atom is -0.349 e. The Labute approximate surface area is 157 Å². The molecule has 1 amide bonds. The molecule has 2 N–H and O–H groups in total. The maximum Gasteiger partial charge on any atom is 0.217 e. The standard InChI is InChI=1S/C20H22N6O/c1-12-4-7-20(21-10-12)26-13(2)8-17(23-14(3)27)16-9-15(5-6-19(16)26)18-11-22-25-24-18/h4-7,9-11,13,17H,8H2,1-3H3,(H,23,27)(H,22,24,25). The lowest BCUT2D eigenvalue weighted by Gasteiger charge is -2.40. The topological polar surface area (TPSA) is 86.8 Å². The molecule has 7 heteroatoms. The van der Waals surface area contributed by atoms with Crippen LogP contribution in [-0.2, 0) is 4.79 Å². The fourth-order valence-electron chi connectivity index (χ4n) is 3.70. The summed E-state index contributed by atoms with van der Waals surface area (Å²) in [5, 5.41) is 13.8. The van der Waals surface area contributed by atoms with Crippen LogP contribution in [-0.4, -0.2) is 32.3 Å². The number of nitrogens with one attached hydrogen (secondary N) is 2. The van der Waals surface area contributed by atoms with Gasteiger partial charge in [0.15, 0.2) is 0 Å². The number of aromatic amines is 1. The molecule has 0 saturated carbocycles. The van der Waals surface area contributed by atoms with Gasteiger partial charge in [0.05, 0.1) is 12.2 Å². The van der Waals surface area contributed by atoms with Crippen LogP contribution in [0.15, 0.2) is 42.7 Å². The highest BCUT2D eigenvalue weighted by Gasteiger charge is 2.32. The Morgan fingerprint density at radius 3 is 2.78 bits per heavy atom. The first kappa shape index (κ1) is 17.2. The first-order valence-electron chi connectivity index (χ1n) is 9.02. The third-order valence-electron chi connectivity index (χ3n) is 4.91. The van der Waals surface area contributed by atoms with Crippen LogP contribution < -0.4 is 10.2 Å². The van der Waals surface area contributed by atoms with Gasteiger partial charge in [-0.25, -0.2) is 4.98 Å². The van der Waals surface area contributed by atoms with Gasteiger partial charge in [0.25, 0.3) is 0 Å². The number of hydrogen-bond acceptors (Lipinski definition) is 5. The number of carbonyl (C=O) groups is 1. The zero-order valence-corrected chi connectivity index (χ0v) is 15.6. The Morgan fingerprint density at radius 1 is 1.26 bits per heavy atom. The number of benzene rings is 1. The molecule has 2 atom stereocenters. The lowest BCUT2D eigenvalue weighted by molar-refractivity contribution is -0.119. The number of anilines is 2. The molecule has 1 aliphatic rings. The summed E-state index contributed by atoms with van der Waals surface area (Å²) in [5.74, 6) is 0.872. The number of nitrogens with zero attached hydrogens (tertiary/aromatic N) is 4. The van der Waals surface area contributed by atoms with Crippen LogP contribution in [0.5, 0.6) is 0 Å². The van der Waals surface area contributed by atoms with Crippen molar-refractivity contribution in [3.63, 3.8) is 0 Å². The molecule has 7 nitrogen and oxygen atoms in total. The fraction of sp³-hybridized carbons (Fsp3) is 0.300. The molecule has 0 fully saturated rings. The lowest BCUT2D eigenvalue weighted by atomic mass is 9.89. The Balaban J connectivity index is 1.82. The van der Waals surface area contributed by atoms with Crippen molar-refractivity contribution < 1.29 is 4.79 Å². The minimum atomic E-state index is -0.0546.